The van der Waals surface area contributed by atoms with Gasteiger partial charge in [0.1, 0.15) is 5.82 Å². The highest BCUT2D eigenvalue weighted by Gasteiger charge is 2.17. The molecule has 4 nitrogen and oxygen atoms in total. The van der Waals surface area contributed by atoms with E-state index in [9.17, 15) is 8.42 Å². The molecule has 0 spiro atoms. The van der Waals surface area contributed by atoms with Crippen molar-refractivity contribution in [3.63, 3.8) is 0 Å². The van der Waals surface area contributed by atoms with E-state index in [1.807, 2.05) is 19.1 Å². The third kappa shape index (κ3) is 3.88. The smallest absolute Gasteiger partial charge is 0.208 e. The van der Waals surface area contributed by atoms with E-state index in [2.05, 4.69) is 29.4 Å². The molecule has 3 aromatic rings. The van der Waals surface area contributed by atoms with Crippen LogP contribution in [0.25, 0.3) is 0 Å². The van der Waals surface area contributed by atoms with Gasteiger partial charge in [0.05, 0.1) is 9.79 Å². The monoisotopic (exact) mass is 352 g/mol. The summed E-state index contributed by atoms with van der Waals surface area (Å²) in [7, 11) is -3.54. The Morgan fingerprint density at radius 2 is 1.52 bits per heavy atom. The molecular weight excluding hydrogens is 332 g/mol. The summed E-state index contributed by atoms with van der Waals surface area (Å²) in [6, 6.07) is 18.1. The van der Waals surface area contributed by atoms with E-state index >= 15 is 0 Å². The first-order chi connectivity index (χ1) is 12.0. The van der Waals surface area contributed by atoms with Gasteiger partial charge in [0.2, 0.25) is 9.84 Å². The Hall–Kier alpha value is -2.66. The van der Waals surface area contributed by atoms with Gasteiger partial charge in [0.15, 0.2) is 0 Å². The van der Waals surface area contributed by atoms with Crippen molar-refractivity contribution in [2.24, 2.45) is 0 Å². The summed E-state index contributed by atoms with van der Waals surface area (Å²) in [5.41, 5.74) is 3.20. The van der Waals surface area contributed by atoms with Gasteiger partial charge in [0, 0.05) is 11.9 Å². The third-order valence-corrected chi connectivity index (χ3v) is 5.77. The number of aromatic nitrogens is 1. The Kier molecular flexibility index (Phi) is 4.86. The fourth-order valence-corrected chi connectivity index (χ4v) is 3.64. The van der Waals surface area contributed by atoms with Crippen LogP contribution in [0, 0.1) is 6.92 Å². The summed E-state index contributed by atoms with van der Waals surface area (Å²) in [6.45, 7) is 4.03. The summed E-state index contributed by atoms with van der Waals surface area (Å²) in [5.74, 6) is 0.604. The number of nitrogens with zero attached hydrogens (tertiary/aromatic N) is 1. The van der Waals surface area contributed by atoms with Crippen LogP contribution >= 0.6 is 0 Å². The Bertz CT molecular complexity index is 946. The van der Waals surface area contributed by atoms with Crippen LogP contribution in [0.4, 0.5) is 11.5 Å². The van der Waals surface area contributed by atoms with E-state index < -0.39 is 9.84 Å². The lowest BCUT2D eigenvalue weighted by Crippen LogP contribution is -2.03. The maximum atomic E-state index is 12.6. The lowest BCUT2D eigenvalue weighted by atomic mass is 10.1. The molecule has 1 heterocycles. The van der Waals surface area contributed by atoms with E-state index in [0.29, 0.717) is 5.82 Å². The number of nitrogens with one attached hydrogen (secondary N) is 1. The average molecular weight is 352 g/mol. The van der Waals surface area contributed by atoms with Crippen molar-refractivity contribution < 1.29 is 8.42 Å². The van der Waals surface area contributed by atoms with Crippen molar-refractivity contribution in [3.05, 3.63) is 78.0 Å². The van der Waals surface area contributed by atoms with E-state index in [4.69, 9.17) is 0 Å². The predicted molar refractivity (Wildman–Crippen MR) is 100.0 cm³/mol. The number of hydrogen-bond donors (Lipinski definition) is 1. The summed E-state index contributed by atoms with van der Waals surface area (Å²) in [5, 5.41) is 3.18. The molecule has 0 amide bonds. The first kappa shape index (κ1) is 17.2. The molecule has 0 aliphatic carbocycles. The molecule has 3 rings (SSSR count). The minimum absolute atomic E-state index is 0.184. The highest BCUT2D eigenvalue weighted by atomic mass is 32.2. The van der Waals surface area contributed by atoms with Gasteiger partial charge in [-0.05, 0) is 55.3 Å². The van der Waals surface area contributed by atoms with Crippen LogP contribution < -0.4 is 5.32 Å². The molecule has 0 unspecified atom stereocenters. The van der Waals surface area contributed by atoms with Crippen LogP contribution in [0.15, 0.2) is 76.7 Å². The highest BCUT2D eigenvalue weighted by Crippen LogP contribution is 2.22. The zero-order chi connectivity index (χ0) is 17.9. The molecule has 0 fully saturated rings. The Balaban J connectivity index is 1.80. The molecule has 1 aromatic heterocycles. The predicted octanol–water partition coefficient (Wildman–Crippen LogP) is 4.53. The van der Waals surface area contributed by atoms with E-state index in [0.717, 1.165) is 17.7 Å². The van der Waals surface area contributed by atoms with E-state index in [-0.39, 0.29) is 9.79 Å². The van der Waals surface area contributed by atoms with Crippen LogP contribution in [-0.4, -0.2) is 13.4 Å². The first-order valence-corrected chi connectivity index (χ1v) is 9.61. The highest BCUT2D eigenvalue weighted by molar-refractivity contribution is 7.91. The van der Waals surface area contributed by atoms with E-state index in [1.165, 1.54) is 11.8 Å². The van der Waals surface area contributed by atoms with Crippen molar-refractivity contribution in [3.8, 4) is 0 Å². The van der Waals surface area contributed by atoms with Crippen LogP contribution in [0.1, 0.15) is 18.1 Å². The van der Waals surface area contributed by atoms with Crippen LogP contribution in [0.5, 0.6) is 0 Å². The molecule has 0 saturated carbocycles. The summed E-state index contributed by atoms with van der Waals surface area (Å²) >= 11 is 0. The lowest BCUT2D eigenvalue weighted by Gasteiger charge is -2.08. The second kappa shape index (κ2) is 7.07. The van der Waals surface area contributed by atoms with Crippen LogP contribution in [0.2, 0.25) is 0 Å². The molecule has 0 aliphatic rings. The molecule has 25 heavy (non-hydrogen) atoms. The van der Waals surface area contributed by atoms with Crippen LogP contribution in [0.3, 0.4) is 0 Å². The number of anilines is 2. The van der Waals surface area contributed by atoms with Crippen molar-refractivity contribution in [1.29, 1.82) is 0 Å². The fraction of sp³-hybridized carbons (Fsp3) is 0.150. The molecule has 128 valence electrons. The van der Waals surface area contributed by atoms with Crippen molar-refractivity contribution in [1.82, 2.24) is 4.98 Å². The molecule has 0 aliphatic heterocycles. The van der Waals surface area contributed by atoms with Gasteiger partial charge in [-0.3, -0.25) is 0 Å². The molecule has 0 saturated heterocycles. The topological polar surface area (TPSA) is 59.1 Å². The maximum Gasteiger partial charge on any atom is 0.208 e. The second-order valence-corrected chi connectivity index (χ2v) is 7.82. The summed E-state index contributed by atoms with van der Waals surface area (Å²) in [4.78, 5) is 4.69. The number of rotatable bonds is 5. The van der Waals surface area contributed by atoms with Gasteiger partial charge in [-0.2, -0.15) is 0 Å². The van der Waals surface area contributed by atoms with Crippen molar-refractivity contribution >= 4 is 21.3 Å². The molecule has 2 aromatic carbocycles. The number of hydrogen-bond acceptors (Lipinski definition) is 4. The van der Waals surface area contributed by atoms with Gasteiger partial charge in [-0.1, -0.05) is 36.8 Å². The SMILES string of the molecule is CCc1ccc(Nc2ccc(S(=O)(=O)c3ccc(C)cc3)cn2)cc1. The fourth-order valence-electron chi connectivity index (χ4n) is 2.44. The molecule has 0 radical (unpaired) electrons. The molecular formula is C20H20N2O2S. The largest absolute Gasteiger partial charge is 0.340 e. The number of benzene rings is 2. The molecule has 0 bridgehead atoms. The van der Waals surface area contributed by atoms with Gasteiger partial charge in [-0.15, -0.1) is 0 Å². The normalized spacial score (nSPS) is 11.3. The Labute approximate surface area is 148 Å². The molecule has 0 atom stereocenters. The van der Waals surface area contributed by atoms with Gasteiger partial charge >= 0.3 is 0 Å². The quantitative estimate of drug-likeness (QED) is 0.733. The summed E-state index contributed by atoms with van der Waals surface area (Å²) in [6.07, 6.45) is 2.38. The lowest BCUT2D eigenvalue weighted by molar-refractivity contribution is 0.595. The Morgan fingerprint density at radius 3 is 2.08 bits per heavy atom. The number of pyridine rings is 1. The maximum absolute atomic E-state index is 12.6. The Morgan fingerprint density at radius 1 is 0.880 bits per heavy atom. The van der Waals surface area contributed by atoms with Crippen molar-refractivity contribution in [2.45, 2.75) is 30.1 Å². The van der Waals surface area contributed by atoms with Crippen LogP contribution in [-0.2, 0) is 16.3 Å². The minimum atomic E-state index is -3.54. The standard InChI is InChI=1S/C20H20N2O2S/c1-3-16-6-8-17(9-7-16)22-20-13-12-19(14-21-20)25(23,24)18-10-4-15(2)5-11-18/h4-14H,3H2,1-2H3,(H,21,22). The number of aryl methyl sites for hydroxylation is 2. The second-order valence-electron chi connectivity index (χ2n) is 5.87. The minimum Gasteiger partial charge on any atom is -0.340 e. The third-order valence-electron chi connectivity index (χ3n) is 4.01. The molecule has 1 N–H and O–H groups in total. The zero-order valence-corrected chi connectivity index (χ0v) is 15.0. The molecule has 5 heteroatoms. The average Bonchev–Trinajstić information content (AvgIpc) is 2.63. The number of sulfone groups is 1. The zero-order valence-electron chi connectivity index (χ0n) is 14.2. The first-order valence-electron chi connectivity index (χ1n) is 8.13. The van der Waals surface area contributed by atoms with Gasteiger partial charge in [0.25, 0.3) is 0 Å². The van der Waals surface area contributed by atoms with Crippen molar-refractivity contribution in [2.75, 3.05) is 5.32 Å². The summed E-state index contributed by atoms with van der Waals surface area (Å²) < 4.78 is 25.2. The van der Waals surface area contributed by atoms with Gasteiger partial charge < -0.3 is 5.32 Å². The van der Waals surface area contributed by atoms with Gasteiger partial charge in [-0.25, -0.2) is 13.4 Å². The van der Waals surface area contributed by atoms with E-state index in [1.54, 1.807) is 36.4 Å².